The molecule has 0 saturated heterocycles. The van der Waals surface area contributed by atoms with Crippen molar-refractivity contribution in [3.8, 4) is 0 Å². The minimum absolute atomic E-state index is 0.0786. The van der Waals surface area contributed by atoms with E-state index >= 15 is 0 Å². The molecule has 1 heterocycles. The normalized spacial score (nSPS) is 10.3. The van der Waals surface area contributed by atoms with Gasteiger partial charge in [-0.15, -0.1) is 0 Å². The lowest BCUT2D eigenvalue weighted by molar-refractivity contribution is -0.384. The van der Waals surface area contributed by atoms with Crippen LogP contribution in [0.25, 0.3) is 0 Å². The molecule has 0 unspecified atom stereocenters. The fourth-order valence-electron chi connectivity index (χ4n) is 1.92. The molecule has 2 rings (SSSR count). The SMILES string of the molecule is Cc1cc(C(=O)N(C)Cc2cn[nH]c2)cc([N+](=O)[O-])c1. The van der Waals surface area contributed by atoms with Crippen molar-refractivity contribution in [1.29, 1.82) is 0 Å². The van der Waals surface area contributed by atoms with E-state index in [1.165, 1.54) is 17.0 Å². The summed E-state index contributed by atoms with van der Waals surface area (Å²) in [6, 6.07) is 4.37. The van der Waals surface area contributed by atoms with E-state index in [-0.39, 0.29) is 11.6 Å². The minimum Gasteiger partial charge on any atom is -0.337 e. The van der Waals surface area contributed by atoms with Gasteiger partial charge in [-0.2, -0.15) is 5.10 Å². The van der Waals surface area contributed by atoms with E-state index in [1.807, 2.05) is 0 Å². The van der Waals surface area contributed by atoms with Crippen LogP contribution in [0.15, 0.2) is 30.6 Å². The molecule has 0 aliphatic heterocycles. The zero-order valence-electron chi connectivity index (χ0n) is 11.2. The largest absolute Gasteiger partial charge is 0.337 e. The summed E-state index contributed by atoms with van der Waals surface area (Å²) < 4.78 is 0. The average Bonchev–Trinajstić information content (AvgIpc) is 2.89. The molecule has 0 saturated carbocycles. The lowest BCUT2D eigenvalue weighted by Crippen LogP contribution is -2.26. The number of hydrogen-bond donors (Lipinski definition) is 1. The van der Waals surface area contributed by atoms with Gasteiger partial charge in [0.05, 0.1) is 11.1 Å². The Morgan fingerprint density at radius 3 is 2.80 bits per heavy atom. The first-order valence-electron chi connectivity index (χ1n) is 5.96. The lowest BCUT2D eigenvalue weighted by Gasteiger charge is -2.16. The monoisotopic (exact) mass is 274 g/mol. The Morgan fingerprint density at radius 2 is 2.20 bits per heavy atom. The van der Waals surface area contributed by atoms with Gasteiger partial charge in [-0.05, 0) is 18.6 Å². The number of carbonyl (C=O) groups is 1. The number of aromatic amines is 1. The fraction of sp³-hybridized carbons (Fsp3) is 0.231. The van der Waals surface area contributed by atoms with E-state index in [9.17, 15) is 14.9 Å². The molecule has 0 fully saturated rings. The molecule has 0 atom stereocenters. The minimum atomic E-state index is -0.500. The highest BCUT2D eigenvalue weighted by atomic mass is 16.6. The van der Waals surface area contributed by atoms with Crippen molar-refractivity contribution in [2.24, 2.45) is 0 Å². The molecule has 0 radical (unpaired) electrons. The molecule has 0 bridgehead atoms. The molecule has 7 nitrogen and oxygen atoms in total. The first-order chi connectivity index (χ1) is 9.47. The number of nitrogens with zero attached hydrogens (tertiary/aromatic N) is 3. The average molecular weight is 274 g/mol. The highest BCUT2D eigenvalue weighted by Crippen LogP contribution is 2.18. The fourth-order valence-corrected chi connectivity index (χ4v) is 1.92. The molecule has 1 amide bonds. The van der Waals surface area contributed by atoms with Crippen LogP contribution in [-0.2, 0) is 6.54 Å². The Balaban J connectivity index is 2.22. The van der Waals surface area contributed by atoms with Gasteiger partial charge < -0.3 is 4.90 Å². The van der Waals surface area contributed by atoms with Crippen molar-refractivity contribution in [3.05, 3.63) is 57.4 Å². The number of nitro benzene ring substituents is 1. The van der Waals surface area contributed by atoms with Crippen molar-refractivity contribution in [1.82, 2.24) is 15.1 Å². The number of H-pyrrole nitrogens is 1. The first kappa shape index (κ1) is 13.7. The van der Waals surface area contributed by atoms with Crippen molar-refractivity contribution in [3.63, 3.8) is 0 Å². The van der Waals surface area contributed by atoms with Crippen LogP contribution < -0.4 is 0 Å². The Morgan fingerprint density at radius 1 is 1.45 bits per heavy atom. The van der Waals surface area contributed by atoms with Crippen LogP contribution in [0.1, 0.15) is 21.5 Å². The van der Waals surface area contributed by atoms with Crippen molar-refractivity contribution in [2.75, 3.05) is 7.05 Å². The van der Waals surface area contributed by atoms with Crippen LogP contribution in [-0.4, -0.2) is 33.0 Å². The number of hydrogen-bond acceptors (Lipinski definition) is 4. The van der Waals surface area contributed by atoms with Crippen LogP contribution in [0.2, 0.25) is 0 Å². The molecule has 1 aromatic heterocycles. The van der Waals surface area contributed by atoms with Crippen molar-refractivity contribution in [2.45, 2.75) is 13.5 Å². The summed E-state index contributed by atoms with van der Waals surface area (Å²) in [5, 5.41) is 17.3. The lowest BCUT2D eigenvalue weighted by atomic mass is 10.1. The van der Waals surface area contributed by atoms with E-state index in [1.54, 1.807) is 32.4 Å². The first-order valence-corrected chi connectivity index (χ1v) is 5.96. The number of aromatic nitrogens is 2. The smallest absolute Gasteiger partial charge is 0.270 e. The third kappa shape index (κ3) is 3.00. The number of nitro groups is 1. The van der Waals surface area contributed by atoms with Gasteiger partial charge in [-0.25, -0.2) is 0 Å². The highest BCUT2D eigenvalue weighted by Gasteiger charge is 2.17. The second kappa shape index (κ2) is 5.52. The maximum Gasteiger partial charge on any atom is 0.270 e. The summed E-state index contributed by atoms with van der Waals surface area (Å²) in [6.45, 7) is 2.11. The third-order valence-electron chi connectivity index (χ3n) is 2.84. The van der Waals surface area contributed by atoms with Crippen LogP contribution in [0, 0.1) is 17.0 Å². The van der Waals surface area contributed by atoms with Gasteiger partial charge in [0.1, 0.15) is 0 Å². The van der Waals surface area contributed by atoms with Gasteiger partial charge in [-0.3, -0.25) is 20.0 Å². The molecule has 0 aliphatic rings. The summed E-state index contributed by atoms with van der Waals surface area (Å²) in [5.41, 5.74) is 1.77. The summed E-state index contributed by atoms with van der Waals surface area (Å²) in [7, 11) is 1.64. The van der Waals surface area contributed by atoms with Crippen LogP contribution in [0.3, 0.4) is 0 Å². The van der Waals surface area contributed by atoms with Crippen molar-refractivity contribution < 1.29 is 9.72 Å². The summed E-state index contributed by atoms with van der Waals surface area (Å²) >= 11 is 0. The Hall–Kier alpha value is -2.70. The number of amides is 1. The third-order valence-corrected chi connectivity index (χ3v) is 2.84. The summed E-state index contributed by atoms with van der Waals surface area (Å²) in [4.78, 5) is 24.1. The summed E-state index contributed by atoms with van der Waals surface area (Å²) in [5.74, 6) is -0.266. The van der Waals surface area contributed by atoms with Crippen molar-refractivity contribution >= 4 is 11.6 Å². The van der Waals surface area contributed by atoms with E-state index in [0.717, 1.165) is 5.56 Å². The van der Waals surface area contributed by atoms with Gasteiger partial charge in [0.25, 0.3) is 11.6 Å². The zero-order chi connectivity index (χ0) is 14.7. The zero-order valence-corrected chi connectivity index (χ0v) is 11.2. The maximum absolute atomic E-state index is 12.3. The quantitative estimate of drug-likeness (QED) is 0.680. The molecule has 1 N–H and O–H groups in total. The number of carbonyl (C=O) groups excluding carboxylic acids is 1. The topological polar surface area (TPSA) is 92.1 Å². The van der Waals surface area contributed by atoms with Crippen LogP contribution in [0.5, 0.6) is 0 Å². The van der Waals surface area contributed by atoms with Crippen LogP contribution in [0.4, 0.5) is 5.69 Å². The number of nitrogens with one attached hydrogen (secondary N) is 1. The molecular weight excluding hydrogens is 260 g/mol. The van der Waals surface area contributed by atoms with Gasteiger partial charge >= 0.3 is 0 Å². The predicted molar refractivity (Wildman–Crippen MR) is 72.2 cm³/mol. The molecule has 2 aromatic rings. The Kier molecular flexibility index (Phi) is 3.79. The van der Waals surface area contributed by atoms with Gasteiger partial charge in [0, 0.05) is 43.0 Å². The van der Waals surface area contributed by atoms with E-state index in [2.05, 4.69) is 10.2 Å². The maximum atomic E-state index is 12.3. The van der Waals surface area contributed by atoms with Gasteiger partial charge in [0.2, 0.25) is 0 Å². The molecule has 1 aromatic carbocycles. The van der Waals surface area contributed by atoms with Gasteiger partial charge in [0.15, 0.2) is 0 Å². The number of benzene rings is 1. The van der Waals surface area contributed by atoms with E-state index < -0.39 is 4.92 Å². The standard InChI is InChI=1S/C13H14N4O3/c1-9-3-11(5-12(4-9)17(19)20)13(18)16(2)8-10-6-14-15-7-10/h3-7H,8H2,1-2H3,(H,14,15). The molecular formula is C13H14N4O3. The summed E-state index contributed by atoms with van der Waals surface area (Å²) in [6.07, 6.45) is 3.32. The molecule has 104 valence electrons. The molecule has 0 spiro atoms. The van der Waals surface area contributed by atoms with E-state index in [4.69, 9.17) is 0 Å². The van der Waals surface area contributed by atoms with E-state index in [0.29, 0.717) is 17.7 Å². The second-order valence-electron chi connectivity index (χ2n) is 4.58. The second-order valence-corrected chi connectivity index (χ2v) is 4.58. The number of non-ortho nitro benzene ring substituents is 1. The van der Waals surface area contributed by atoms with Gasteiger partial charge in [-0.1, -0.05) is 0 Å². The molecule has 20 heavy (non-hydrogen) atoms. The molecule has 7 heteroatoms. The number of aryl methyl sites for hydroxylation is 1. The highest BCUT2D eigenvalue weighted by molar-refractivity contribution is 5.94. The Labute approximate surface area is 115 Å². The predicted octanol–water partition coefficient (Wildman–Crippen LogP) is 1.90. The number of rotatable bonds is 4. The molecule has 0 aliphatic carbocycles. The van der Waals surface area contributed by atoms with Crippen LogP contribution >= 0.6 is 0 Å². The Bertz CT molecular complexity index is 637.